The van der Waals surface area contributed by atoms with E-state index in [1.54, 1.807) is 13.8 Å². The van der Waals surface area contributed by atoms with Crippen molar-refractivity contribution in [3.8, 4) is 17.2 Å². The highest BCUT2D eigenvalue weighted by Gasteiger charge is 2.19. The molecule has 0 spiro atoms. The van der Waals surface area contributed by atoms with Crippen molar-refractivity contribution >= 4 is 11.0 Å². The predicted octanol–water partition coefficient (Wildman–Crippen LogP) is 2.03. The van der Waals surface area contributed by atoms with Gasteiger partial charge in [-0.15, -0.1) is 0 Å². The average molecular weight is 236 g/mol. The van der Waals surface area contributed by atoms with E-state index in [4.69, 9.17) is 4.42 Å². The Kier molecular flexibility index (Phi) is 2.46. The van der Waals surface area contributed by atoms with Gasteiger partial charge in [-0.2, -0.15) is 0 Å². The van der Waals surface area contributed by atoms with E-state index >= 15 is 0 Å². The summed E-state index contributed by atoms with van der Waals surface area (Å²) in [6.07, 6.45) is 0. The molecule has 2 rings (SSSR count). The molecule has 1 aromatic heterocycles. The van der Waals surface area contributed by atoms with Crippen LogP contribution in [0.25, 0.3) is 11.0 Å². The Balaban J connectivity index is 2.96. The number of phenols is 2. The SMILES string of the molecule is CC(C)c1c(O)c2ccc(O)c(O)c2oc1=O. The molecule has 0 aliphatic rings. The van der Waals surface area contributed by atoms with Crippen LogP contribution in [0, 0.1) is 0 Å². The molecular formula is C12H12O5. The van der Waals surface area contributed by atoms with Gasteiger partial charge in [0, 0.05) is 0 Å². The minimum absolute atomic E-state index is 0.155. The van der Waals surface area contributed by atoms with Crippen LogP contribution in [-0.2, 0) is 0 Å². The lowest BCUT2D eigenvalue weighted by Crippen LogP contribution is -2.09. The zero-order chi connectivity index (χ0) is 12.7. The molecule has 0 unspecified atom stereocenters. The minimum atomic E-state index is -0.717. The summed E-state index contributed by atoms with van der Waals surface area (Å²) in [5.74, 6) is -1.38. The summed E-state index contributed by atoms with van der Waals surface area (Å²) >= 11 is 0. The van der Waals surface area contributed by atoms with Gasteiger partial charge in [-0.05, 0) is 18.1 Å². The summed E-state index contributed by atoms with van der Waals surface area (Å²) in [7, 11) is 0. The molecule has 0 aliphatic carbocycles. The van der Waals surface area contributed by atoms with Crippen LogP contribution >= 0.6 is 0 Å². The largest absolute Gasteiger partial charge is 0.507 e. The standard InChI is InChI=1S/C12H12O5/c1-5(2)8-9(14)6-3-4-7(13)10(15)11(6)17-12(8)16/h3-5,13-15H,1-2H3. The highest BCUT2D eigenvalue weighted by Crippen LogP contribution is 2.38. The molecule has 3 N–H and O–H groups in total. The van der Waals surface area contributed by atoms with Crippen molar-refractivity contribution in [2.45, 2.75) is 19.8 Å². The first kappa shape index (κ1) is 11.3. The summed E-state index contributed by atoms with van der Waals surface area (Å²) in [4.78, 5) is 11.6. The third-order valence-corrected chi connectivity index (χ3v) is 2.61. The molecule has 0 fully saturated rings. The zero-order valence-corrected chi connectivity index (χ0v) is 9.39. The Morgan fingerprint density at radius 1 is 1.12 bits per heavy atom. The van der Waals surface area contributed by atoms with E-state index in [1.807, 2.05) is 0 Å². The molecule has 5 heteroatoms. The number of phenolic OH excluding ortho intramolecular Hbond substituents is 2. The van der Waals surface area contributed by atoms with Gasteiger partial charge in [0.2, 0.25) is 5.75 Å². The fourth-order valence-corrected chi connectivity index (χ4v) is 1.75. The lowest BCUT2D eigenvalue weighted by atomic mass is 10.0. The van der Waals surface area contributed by atoms with Crippen LogP contribution in [0.4, 0.5) is 0 Å². The van der Waals surface area contributed by atoms with Crippen molar-refractivity contribution in [3.63, 3.8) is 0 Å². The first-order valence-electron chi connectivity index (χ1n) is 5.14. The van der Waals surface area contributed by atoms with Crippen LogP contribution in [0.2, 0.25) is 0 Å². The van der Waals surface area contributed by atoms with Crippen LogP contribution in [0.3, 0.4) is 0 Å². The molecule has 0 atom stereocenters. The predicted molar refractivity (Wildman–Crippen MR) is 61.6 cm³/mol. The molecule has 2 aromatic rings. The van der Waals surface area contributed by atoms with Crippen LogP contribution in [0.15, 0.2) is 21.3 Å². The maximum absolute atomic E-state index is 11.6. The highest BCUT2D eigenvalue weighted by molar-refractivity contribution is 5.90. The summed E-state index contributed by atoms with van der Waals surface area (Å²) in [6.45, 7) is 3.50. The van der Waals surface area contributed by atoms with Gasteiger partial charge in [-0.1, -0.05) is 13.8 Å². The number of fused-ring (bicyclic) bond motifs is 1. The number of hydrogen-bond donors (Lipinski definition) is 3. The molecule has 0 radical (unpaired) electrons. The molecule has 5 nitrogen and oxygen atoms in total. The molecular weight excluding hydrogens is 224 g/mol. The van der Waals surface area contributed by atoms with E-state index in [1.165, 1.54) is 12.1 Å². The van der Waals surface area contributed by atoms with Gasteiger partial charge in [-0.3, -0.25) is 0 Å². The van der Waals surface area contributed by atoms with Gasteiger partial charge in [0.05, 0.1) is 10.9 Å². The van der Waals surface area contributed by atoms with Crippen LogP contribution < -0.4 is 5.63 Å². The lowest BCUT2D eigenvalue weighted by molar-refractivity contribution is 0.394. The number of aromatic hydroxyl groups is 3. The Morgan fingerprint density at radius 2 is 1.76 bits per heavy atom. The fourth-order valence-electron chi connectivity index (χ4n) is 1.75. The topological polar surface area (TPSA) is 90.9 Å². The van der Waals surface area contributed by atoms with Crippen molar-refractivity contribution in [3.05, 3.63) is 28.1 Å². The minimum Gasteiger partial charge on any atom is -0.507 e. The van der Waals surface area contributed by atoms with Crippen molar-refractivity contribution in [2.24, 2.45) is 0 Å². The van der Waals surface area contributed by atoms with Gasteiger partial charge < -0.3 is 19.7 Å². The molecule has 1 heterocycles. The van der Waals surface area contributed by atoms with Crippen LogP contribution in [0.1, 0.15) is 25.3 Å². The van der Waals surface area contributed by atoms with Gasteiger partial charge >= 0.3 is 5.63 Å². The Hall–Kier alpha value is -2.17. The molecule has 0 amide bonds. The molecule has 0 bridgehead atoms. The van der Waals surface area contributed by atoms with E-state index in [2.05, 4.69) is 0 Å². The summed E-state index contributed by atoms with van der Waals surface area (Å²) in [6, 6.07) is 2.61. The number of benzene rings is 1. The third-order valence-electron chi connectivity index (χ3n) is 2.61. The van der Waals surface area contributed by atoms with Crippen molar-refractivity contribution in [1.29, 1.82) is 0 Å². The maximum atomic E-state index is 11.6. The number of rotatable bonds is 1. The monoisotopic (exact) mass is 236 g/mol. The quantitative estimate of drug-likeness (QED) is 0.520. The summed E-state index contributed by atoms with van der Waals surface area (Å²) in [5, 5.41) is 29.0. The summed E-state index contributed by atoms with van der Waals surface area (Å²) in [5.41, 5.74) is -0.773. The first-order chi connectivity index (χ1) is 7.93. The first-order valence-corrected chi connectivity index (χ1v) is 5.14. The van der Waals surface area contributed by atoms with Crippen molar-refractivity contribution < 1.29 is 19.7 Å². The van der Waals surface area contributed by atoms with Gasteiger partial charge in [0.25, 0.3) is 0 Å². The average Bonchev–Trinajstić information content (AvgIpc) is 2.23. The lowest BCUT2D eigenvalue weighted by Gasteiger charge is -2.09. The highest BCUT2D eigenvalue weighted by atomic mass is 16.4. The molecule has 1 aromatic carbocycles. The Labute approximate surface area is 96.6 Å². The van der Waals surface area contributed by atoms with Crippen LogP contribution in [0.5, 0.6) is 17.2 Å². The molecule has 0 saturated heterocycles. The Morgan fingerprint density at radius 3 is 2.35 bits per heavy atom. The molecule has 17 heavy (non-hydrogen) atoms. The second-order valence-corrected chi connectivity index (χ2v) is 4.12. The zero-order valence-electron chi connectivity index (χ0n) is 9.39. The number of hydrogen-bond acceptors (Lipinski definition) is 5. The maximum Gasteiger partial charge on any atom is 0.343 e. The third kappa shape index (κ3) is 1.60. The van der Waals surface area contributed by atoms with Crippen molar-refractivity contribution in [1.82, 2.24) is 0 Å². The molecule has 90 valence electrons. The van der Waals surface area contributed by atoms with Gasteiger partial charge in [-0.25, -0.2) is 4.79 Å². The summed E-state index contributed by atoms with van der Waals surface area (Å²) < 4.78 is 4.92. The van der Waals surface area contributed by atoms with E-state index in [9.17, 15) is 20.1 Å². The normalized spacial score (nSPS) is 11.2. The Bertz CT molecular complexity index is 639. The van der Waals surface area contributed by atoms with Gasteiger partial charge in [0.15, 0.2) is 11.3 Å². The van der Waals surface area contributed by atoms with E-state index in [0.29, 0.717) is 0 Å². The van der Waals surface area contributed by atoms with E-state index < -0.39 is 17.1 Å². The van der Waals surface area contributed by atoms with Crippen molar-refractivity contribution in [2.75, 3.05) is 0 Å². The van der Waals surface area contributed by atoms with E-state index in [-0.39, 0.29) is 28.2 Å². The smallest absolute Gasteiger partial charge is 0.343 e. The molecule has 0 aliphatic heterocycles. The fraction of sp³-hybridized carbons (Fsp3) is 0.250. The van der Waals surface area contributed by atoms with Crippen LogP contribution in [-0.4, -0.2) is 15.3 Å². The molecule has 0 saturated carbocycles. The second-order valence-electron chi connectivity index (χ2n) is 4.12. The second kappa shape index (κ2) is 3.69. The van der Waals surface area contributed by atoms with Gasteiger partial charge in [0.1, 0.15) is 5.75 Å². The van der Waals surface area contributed by atoms with E-state index in [0.717, 1.165) is 0 Å².